The molecule has 2 aliphatic heterocycles. The van der Waals surface area contributed by atoms with Gasteiger partial charge in [0.05, 0.1) is 0 Å². The Bertz CT molecular complexity index is 620. The fourth-order valence-corrected chi connectivity index (χ4v) is 3.55. The van der Waals surface area contributed by atoms with Crippen molar-refractivity contribution in [2.24, 2.45) is 5.92 Å². The highest BCUT2D eigenvalue weighted by molar-refractivity contribution is 5.94. The zero-order valence-corrected chi connectivity index (χ0v) is 15.2. The molecule has 5 nitrogen and oxygen atoms in total. The molecule has 2 heterocycles. The number of nitrogens with one attached hydrogen (secondary N) is 1. The van der Waals surface area contributed by atoms with Crippen molar-refractivity contribution in [1.82, 2.24) is 15.1 Å². The normalized spacial score (nSPS) is 23.8. The number of halogens is 2. The van der Waals surface area contributed by atoms with E-state index in [0.29, 0.717) is 37.8 Å². The highest BCUT2D eigenvalue weighted by atomic mass is 35.5. The summed E-state index contributed by atoms with van der Waals surface area (Å²) in [5.41, 5.74) is 0.363. The van der Waals surface area contributed by atoms with Crippen molar-refractivity contribution >= 4 is 24.2 Å². The van der Waals surface area contributed by atoms with Crippen LogP contribution in [0.1, 0.15) is 30.1 Å². The Morgan fingerprint density at radius 1 is 1.16 bits per heavy atom. The first kappa shape index (κ1) is 19.7. The number of amides is 2. The maximum absolute atomic E-state index is 13.3. The zero-order chi connectivity index (χ0) is 17.1. The van der Waals surface area contributed by atoms with Crippen LogP contribution in [0.15, 0.2) is 24.3 Å². The van der Waals surface area contributed by atoms with Crippen molar-refractivity contribution in [2.75, 3.05) is 32.7 Å². The van der Waals surface area contributed by atoms with Gasteiger partial charge < -0.3 is 15.1 Å². The Morgan fingerprint density at radius 3 is 2.48 bits per heavy atom. The van der Waals surface area contributed by atoms with Crippen molar-refractivity contribution in [3.05, 3.63) is 35.6 Å². The molecule has 2 aliphatic rings. The van der Waals surface area contributed by atoms with Crippen LogP contribution < -0.4 is 5.32 Å². The summed E-state index contributed by atoms with van der Waals surface area (Å²) in [6.07, 6.45) is 1.76. The van der Waals surface area contributed by atoms with E-state index in [0.717, 1.165) is 19.4 Å². The fraction of sp³-hybridized carbons (Fsp3) is 0.556. The van der Waals surface area contributed by atoms with Crippen molar-refractivity contribution in [2.45, 2.75) is 25.8 Å². The van der Waals surface area contributed by atoms with Gasteiger partial charge in [-0.2, -0.15) is 0 Å². The molecule has 0 radical (unpaired) electrons. The summed E-state index contributed by atoms with van der Waals surface area (Å²) in [7, 11) is 0. The lowest BCUT2D eigenvalue weighted by atomic mass is 9.92. The number of piperidine rings is 1. The molecule has 2 saturated heterocycles. The SMILES string of the molecule is C[C@H]1C[C@@H](C(=O)N2CCN(C(=O)c3cccc(F)c3)CC2)CCN1.Cl. The summed E-state index contributed by atoms with van der Waals surface area (Å²) in [5.74, 6) is -0.278. The van der Waals surface area contributed by atoms with Gasteiger partial charge in [0.2, 0.25) is 5.91 Å². The lowest BCUT2D eigenvalue weighted by Gasteiger charge is -2.38. The maximum Gasteiger partial charge on any atom is 0.254 e. The van der Waals surface area contributed by atoms with Crippen LogP contribution >= 0.6 is 12.4 Å². The molecule has 1 aromatic carbocycles. The number of hydrogen-bond acceptors (Lipinski definition) is 3. The van der Waals surface area contributed by atoms with E-state index in [1.807, 2.05) is 4.90 Å². The van der Waals surface area contributed by atoms with Gasteiger partial charge in [-0.15, -0.1) is 12.4 Å². The van der Waals surface area contributed by atoms with Crippen molar-refractivity contribution in [3.8, 4) is 0 Å². The van der Waals surface area contributed by atoms with Gasteiger partial charge in [-0.3, -0.25) is 9.59 Å². The van der Waals surface area contributed by atoms with E-state index in [-0.39, 0.29) is 30.1 Å². The lowest BCUT2D eigenvalue weighted by Crippen LogP contribution is -2.53. The number of hydrogen-bond donors (Lipinski definition) is 1. The standard InChI is InChI=1S/C18H24FN3O2.ClH/c1-13-11-15(5-6-20-13)18(24)22-9-7-21(8-10-22)17(23)14-3-2-4-16(19)12-14;/h2-4,12-13,15,20H,5-11H2,1H3;1H/t13-,15-;/m0./s1. The summed E-state index contributed by atoms with van der Waals surface area (Å²) in [6.45, 7) is 5.10. The van der Waals surface area contributed by atoms with Gasteiger partial charge in [-0.05, 0) is 44.5 Å². The summed E-state index contributed by atoms with van der Waals surface area (Å²) >= 11 is 0. The molecule has 7 heteroatoms. The molecular weight excluding hydrogens is 345 g/mol. The number of rotatable bonds is 2. The van der Waals surface area contributed by atoms with E-state index in [4.69, 9.17) is 0 Å². The van der Waals surface area contributed by atoms with Crippen LogP contribution in [0.25, 0.3) is 0 Å². The molecule has 2 fully saturated rings. The number of nitrogens with zero attached hydrogens (tertiary/aromatic N) is 2. The van der Waals surface area contributed by atoms with E-state index in [1.165, 1.54) is 12.1 Å². The number of benzene rings is 1. The minimum Gasteiger partial charge on any atom is -0.339 e. The average molecular weight is 370 g/mol. The number of carbonyl (C=O) groups excluding carboxylic acids is 2. The Labute approximate surface area is 154 Å². The Kier molecular flexibility index (Phi) is 6.79. The Hall–Kier alpha value is -1.66. The quantitative estimate of drug-likeness (QED) is 0.866. The van der Waals surface area contributed by atoms with Gasteiger partial charge >= 0.3 is 0 Å². The first-order valence-electron chi connectivity index (χ1n) is 8.61. The Morgan fingerprint density at radius 2 is 1.84 bits per heavy atom. The molecule has 25 heavy (non-hydrogen) atoms. The molecule has 0 saturated carbocycles. The minimum atomic E-state index is -0.408. The average Bonchev–Trinajstić information content (AvgIpc) is 2.60. The van der Waals surface area contributed by atoms with E-state index < -0.39 is 5.82 Å². The Balaban J connectivity index is 0.00000225. The first-order valence-corrected chi connectivity index (χ1v) is 8.61. The topological polar surface area (TPSA) is 52.7 Å². The molecule has 1 N–H and O–H groups in total. The zero-order valence-electron chi connectivity index (χ0n) is 14.4. The van der Waals surface area contributed by atoms with E-state index >= 15 is 0 Å². The second-order valence-electron chi connectivity index (χ2n) is 6.70. The lowest BCUT2D eigenvalue weighted by molar-refractivity contribution is -0.138. The van der Waals surface area contributed by atoms with Crippen molar-refractivity contribution in [3.63, 3.8) is 0 Å². The van der Waals surface area contributed by atoms with Gasteiger partial charge in [0.15, 0.2) is 0 Å². The predicted molar refractivity (Wildman–Crippen MR) is 96.3 cm³/mol. The van der Waals surface area contributed by atoms with Gasteiger partial charge in [0.1, 0.15) is 5.82 Å². The molecule has 2 amide bonds. The van der Waals surface area contributed by atoms with Gasteiger partial charge in [-0.25, -0.2) is 4.39 Å². The summed E-state index contributed by atoms with van der Waals surface area (Å²) in [5, 5.41) is 3.36. The first-order chi connectivity index (χ1) is 11.5. The highest BCUT2D eigenvalue weighted by Crippen LogP contribution is 2.20. The summed E-state index contributed by atoms with van der Waals surface area (Å²) in [4.78, 5) is 28.6. The number of piperazine rings is 1. The van der Waals surface area contributed by atoms with Crippen LogP contribution in [0.3, 0.4) is 0 Å². The molecule has 0 bridgehead atoms. The summed E-state index contributed by atoms with van der Waals surface area (Å²) < 4.78 is 13.3. The van der Waals surface area contributed by atoms with Crippen LogP contribution in [-0.4, -0.2) is 60.4 Å². The third-order valence-corrected chi connectivity index (χ3v) is 4.92. The largest absolute Gasteiger partial charge is 0.339 e. The van der Waals surface area contributed by atoms with E-state index in [9.17, 15) is 14.0 Å². The fourth-order valence-electron chi connectivity index (χ4n) is 3.55. The van der Waals surface area contributed by atoms with Crippen molar-refractivity contribution < 1.29 is 14.0 Å². The molecule has 2 atom stereocenters. The molecule has 0 unspecified atom stereocenters. The van der Waals surface area contributed by atoms with Crippen LogP contribution in [0.5, 0.6) is 0 Å². The van der Waals surface area contributed by atoms with Gasteiger partial charge in [0, 0.05) is 43.7 Å². The monoisotopic (exact) mass is 369 g/mol. The third-order valence-electron chi connectivity index (χ3n) is 4.92. The molecule has 3 rings (SSSR count). The molecule has 1 aromatic rings. The van der Waals surface area contributed by atoms with Crippen LogP contribution in [0.2, 0.25) is 0 Å². The predicted octanol–water partition coefficient (Wildman–Crippen LogP) is 1.92. The second-order valence-corrected chi connectivity index (χ2v) is 6.70. The van der Waals surface area contributed by atoms with E-state index in [1.54, 1.807) is 17.0 Å². The van der Waals surface area contributed by atoms with E-state index in [2.05, 4.69) is 12.2 Å². The minimum absolute atomic E-state index is 0. The summed E-state index contributed by atoms with van der Waals surface area (Å²) in [6, 6.07) is 6.13. The molecule has 0 spiro atoms. The number of carbonyl (C=O) groups is 2. The maximum atomic E-state index is 13.3. The van der Waals surface area contributed by atoms with Gasteiger partial charge in [-0.1, -0.05) is 6.07 Å². The highest BCUT2D eigenvalue weighted by Gasteiger charge is 2.31. The van der Waals surface area contributed by atoms with Crippen LogP contribution in [-0.2, 0) is 4.79 Å². The van der Waals surface area contributed by atoms with Crippen molar-refractivity contribution in [1.29, 1.82) is 0 Å². The van der Waals surface area contributed by atoms with Crippen LogP contribution in [0, 0.1) is 11.7 Å². The molecule has 138 valence electrons. The third kappa shape index (κ3) is 4.70. The smallest absolute Gasteiger partial charge is 0.254 e. The van der Waals surface area contributed by atoms with Gasteiger partial charge in [0.25, 0.3) is 5.91 Å². The van der Waals surface area contributed by atoms with Crippen LogP contribution in [0.4, 0.5) is 4.39 Å². The molecule has 0 aromatic heterocycles. The molecule has 0 aliphatic carbocycles. The molecular formula is C18H25ClFN3O2. The second kappa shape index (κ2) is 8.63.